The number of carbonyl (C=O) groups is 2. The minimum Gasteiger partial charge on any atom is -0.451 e. The standard InChI is InChI=1S/C40H42ClN3O6S/c1-26(28-15-17-31(41)18-16-28)35(42-40(47)38-24-36(45)34-23-32(19-20-37(34)50-38)43(2)51(3,48)49)22-27-11-13-29(14-12-27)33-9-5-4-8-30(33)25-44-21-7-6-10-39(44)46/h4-5,8-9,15-20,22-24,29H,6-7,10-14,21,25H2,1-3H3,(H,42,47)/b27-22?,35-26-. The Morgan fingerprint density at radius 1 is 1.00 bits per heavy atom. The van der Waals surface area contributed by atoms with Gasteiger partial charge >= 0.3 is 0 Å². The van der Waals surface area contributed by atoms with Crippen molar-refractivity contribution >= 4 is 55.7 Å². The first-order chi connectivity index (χ1) is 24.4. The minimum absolute atomic E-state index is 0.163. The van der Waals surface area contributed by atoms with Crippen LogP contribution in [0.3, 0.4) is 0 Å². The van der Waals surface area contributed by atoms with Crippen LogP contribution in [0.4, 0.5) is 5.69 Å². The number of nitrogens with one attached hydrogen (secondary N) is 1. The van der Waals surface area contributed by atoms with E-state index in [4.69, 9.17) is 16.0 Å². The SMILES string of the molecule is C/C(=C(\C=C1CCC(c2ccccc2CN2CCCCC2=O)CC1)NC(=O)c1cc(=O)c2cc(N(C)S(C)(=O)=O)ccc2o1)c1ccc(Cl)cc1. The second-order valence-electron chi connectivity index (χ2n) is 13.4. The van der Waals surface area contributed by atoms with Crippen molar-refractivity contribution < 1.29 is 22.4 Å². The van der Waals surface area contributed by atoms with Gasteiger partial charge in [-0.1, -0.05) is 53.6 Å². The molecular weight excluding hydrogens is 686 g/mol. The van der Waals surface area contributed by atoms with E-state index in [0.29, 0.717) is 35.3 Å². The number of hydrogen-bond acceptors (Lipinski definition) is 6. The maximum atomic E-state index is 13.7. The number of halogens is 1. The van der Waals surface area contributed by atoms with Crippen molar-refractivity contribution in [3.8, 4) is 0 Å². The molecule has 1 saturated heterocycles. The average Bonchev–Trinajstić information content (AvgIpc) is 3.12. The molecule has 0 spiro atoms. The molecule has 266 valence electrons. The molecule has 0 bridgehead atoms. The van der Waals surface area contributed by atoms with Crippen molar-refractivity contribution in [3.05, 3.63) is 128 Å². The number of anilines is 1. The lowest BCUT2D eigenvalue weighted by Gasteiger charge is -2.30. The summed E-state index contributed by atoms with van der Waals surface area (Å²) in [7, 11) is -2.14. The Labute approximate surface area is 303 Å². The van der Waals surface area contributed by atoms with E-state index >= 15 is 0 Å². The first kappa shape index (κ1) is 36.1. The molecule has 0 atom stereocenters. The monoisotopic (exact) mass is 727 g/mol. The predicted octanol–water partition coefficient (Wildman–Crippen LogP) is 7.80. The molecule has 0 unspecified atom stereocenters. The second kappa shape index (κ2) is 15.3. The van der Waals surface area contributed by atoms with E-state index in [1.807, 2.05) is 36.1 Å². The molecule has 2 fully saturated rings. The Balaban J connectivity index is 1.24. The van der Waals surface area contributed by atoms with Crippen LogP contribution in [-0.2, 0) is 21.4 Å². The van der Waals surface area contributed by atoms with Gasteiger partial charge in [0.15, 0.2) is 11.2 Å². The minimum atomic E-state index is -3.54. The number of sulfonamides is 1. The van der Waals surface area contributed by atoms with E-state index in [9.17, 15) is 22.8 Å². The van der Waals surface area contributed by atoms with Gasteiger partial charge in [-0.3, -0.25) is 18.7 Å². The molecule has 3 aromatic carbocycles. The van der Waals surface area contributed by atoms with Crippen LogP contribution < -0.4 is 15.1 Å². The highest BCUT2D eigenvalue weighted by molar-refractivity contribution is 7.92. The quantitative estimate of drug-likeness (QED) is 0.188. The van der Waals surface area contributed by atoms with Crippen LogP contribution in [-0.4, -0.2) is 45.0 Å². The van der Waals surface area contributed by atoms with Crippen LogP contribution in [0.5, 0.6) is 0 Å². The van der Waals surface area contributed by atoms with Crippen molar-refractivity contribution in [1.29, 1.82) is 0 Å². The van der Waals surface area contributed by atoms with Crippen molar-refractivity contribution in [2.24, 2.45) is 0 Å². The van der Waals surface area contributed by atoms with E-state index < -0.39 is 21.4 Å². The first-order valence-corrected chi connectivity index (χ1v) is 19.4. The maximum Gasteiger partial charge on any atom is 0.291 e. The van der Waals surface area contributed by atoms with E-state index in [2.05, 4.69) is 23.5 Å². The van der Waals surface area contributed by atoms with Gasteiger partial charge in [0.05, 0.1) is 17.3 Å². The number of allylic oxidation sites excluding steroid dienone is 3. The van der Waals surface area contributed by atoms with Crippen molar-refractivity contribution in [2.75, 3.05) is 24.2 Å². The molecule has 2 amide bonds. The third-order valence-electron chi connectivity index (χ3n) is 9.98. The van der Waals surface area contributed by atoms with Gasteiger partial charge < -0.3 is 14.6 Å². The smallest absolute Gasteiger partial charge is 0.291 e. The molecule has 51 heavy (non-hydrogen) atoms. The van der Waals surface area contributed by atoms with Crippen LogP contribution in [0.1, 0.15) is 85.0 Å². The van der Waals surface area contributed by atoms with Crippen LogP contribution in [0.25, 0.3) is 16.5 Å². The Morgan fingerprint density at radius 2 is 1.73 bits per heavy atom. The van der Waals surface area contributed by atoms with Crippen molar-refractivity contribution in [3.63, 3.8) is 0 Å². The van der Waals surface area contributed by atoms with Crippen LogP contribution in [0.15, 0.2) is 99.4 Å². The molecule has 1 saturated carbocycles. The summed E-state index contributed by atoms with van der Waals surface area (Å²) in [5, 5.41) is 3.77. The fourth-order valence-electron chi connectivity index (χ4n) is 6.88. The van der Waals surface area contributed by atoms with Gasteiger partial charge in [0.2, 0.25) is 15.9 Å². The van der Waals surface area contributed by atoms with Gasteiger partial charge in [0.1, 0.15) is 5.58 Å². The number of benzene rings is 3. The third-order valence-corrected chi connectivity index (χ3v) is 11.4. The number of nitrogens with zero attached hydrogens (tertiary/aromatic N) is 2. The molecule has 2 aliphatic rings. The number of amides is 2. The average molecular weight is 728 g/mol. The number of carbonyl (C=O) groups excluding carboxylic acids is 2. The summed E-state index contributed by atoms with van der Waals surface area (Å²) in [4.78, 5) is 41.4. The van der Waals surface area contributed by atoms with Gasteiger partial charge in [-0.25, -0.2) is 8.42 Å². The zero-order valence-electron chi connectivity index (χ0n) is 29.1. The molecule has 2 heterocycles. The Bertz CT molecular complexity index is 2200. The van der Waals surface area contributed by atoms with Crippen molar-refractivity contribution in [2.45, 2.75) is 64.3 Å². The summed E-state index contributed by atoms with van der Waals surface area (Å²) in [5.74, 6) is -0.149. The molecule has 0 radical (unpaired) electrons. The highest BCUT2D eigenvalue weighted by Crippen LogP contribution is 2.38. The third kappa shape index (κ3) is 8.45. The van der Waals surface area contributed by atoms with Gasteiger partial charge in [0.25, 0.3) is 5.91 Å². The maximum absolute atomic E-state index is 13.7. The van der Waals surface area contributed by atoms with Gasteiger partial charge in [-0.15, -0.1) is 0 Å². The highest BCUT2D eigenvalue weighted by atomic mass is 35.5. The van der Waals surface area contributed by atoms with Crippen LogP contribution in [0.2, 0.25) is 5.02 Å². The Hall–Kier alpha value is -4.67. The highest BCUT2D eigenvalue weighted by Gasteiger charge is 2.25. The van der Waals surface area contributed by atoms with Gasteiger partial charge in [-0.05, 0) is 110 Å². The molecule has 6 rings (SSSR count). The van der Waals surface area contributed by atoms with Gasteiger partial charge in [-0.2, -0.15) is 0 Å². The number of likely N-dealkylation sites (tertiary alicyclic amines) is 1. The summed E-state index contributed by atoms with van der Waals surface area (Å²) < 4.78 is 31.0. The van der Waals surface area contributed by atoms with E-state index in [0.717, 1.165) is 72.8 Å². The summed E-state index contributed by atoms with van der Waals surface area (Å²) in [6.45, 7) is 3.39. The lowest BCUT2D eigenvalue weighted by Crippen LogP contribution is -2.35. The number of rotatable bonds is 9. The molecule has 11 heteroatoms. The number of hydrogen-bond donors (Lipinski definition) is 1. The second-order valence-corrected chi connectivity index (χ2v) is 15.9. The van der Waals surface area contributed by atoms with Crippen LogP contribution in [0, 0.1) is 0 Å². The normalized spacial score (nSPS) is 17.3. The summed E-state index contributed by atoms with van der Waals surface area (Å²) in [6, 6.07) is 21.4. The molecule has 1 N–H and O–H groups in total. The number of fused-ring (bicyclic) bond motifs is 1. The zero-order chi connectivity index (χ0) is 36.3. The zero-order valence-corrected chi connectivity index (χ0v) is 30.6. The summed E-state index contributed by atoms with van der Waals surface area (Å²) in [5.41, 5.74) is 6.01. The molecular formula is C40H42ClN3O6S. The fraction of sp³-hybridized carbons (Fsp3) is 0.325. The van der Waals surface area contributed by atoms with Gasteiger partial charge in [0, 0.05) is 43.3 Å². The fourth-order valence-corrected chi connectivity index (χ4v) is 7.50. The van der Waals surface area contributed by atoms with E-state index in [1.54, 1.807) is 12.1 Å². The lowest BCUT2D eigenvalue weighted by atomic mass is 9.79. The molecule has 9 nitrogen and oxygen atoms in total. The molecule has 1 aliphatic carbocycles. The summed E-state index contributed by atoms with van der Waals surface area (Å²) in [6.07, 6.45) is 9.30. The Morgan fingerprint density at radius 3 is 2.43 bits per heavy atom. The Kier molecular flexibility index (Phi) is 10.8. The van der Waals surface area contributed by atoms with E-state index in [-0.39, 0.29) is 22.6 Å². The summed E-state index contributed by atoms with van der Waals surface area (Å²) >= 11 is 6.17. The van der Waals surface area contributed by atoms with Crippen LogP contribution >= 0.6 is 11.6 Å². The molecule has 1 aromatic heterocycles. The first-order valence-electron chi connectivity index (χ1n) is 17.2. The largest absolute Gasteiger partial charge is 0.451 e. The van der Waals surface area contributed by atoms with Crippen molar-refractivity contribution in [1.82, 2.24) is 10.2 Å². The van der Waals surface area contributed by atoms with E-state index in [1.165, 1.54) is 41.9 Å². The number of piperidine rings is 1. The molecule has 4 aromatic rings. The topological polar surface area (TPSA) is 117 Å². The molecule has 1 aliphatic heterocycles. The lowest BCUT2D eigenvalue weighted by molar-refractivity contribution is -0.133. The predicted molar refractivity (Wildman–Crippen MR) is 202 cm³/mol.